The summed E-state index contributed by atoms with van der Waals surface area (Å²) in [5.41, 5.74) is 6.38. The third kappa shape index (κ3) is 2.88. The number of sulfonamides is 1. The molecule has 1 aliphatic rings. The van der Waals surface area contributed by atoms with Gasteiger partial charge < -0.3 is 5.73 Å². The first-order chi connectivity index (χ1) is 8.41. The van der Waals surface area contributed by atoms with E-state index in [1.54, 1.807) is 31.3 Å². The van der Waals surface area contributed by atoms with E-state index in [1.165, 1.54) is 4.31 Å². The van der Waals surface area contributed by atoms with Gasteiger partial charge in [-0.25, -0.2) is 8.42 Å². The van der Waals surface area contributed by atoms with E-state index < -0.39 is 10.0 Å². The molecule has 1 aromatic rings. The highest BCUT2D eigenvalue weighted by Crippen LogP contribution is 2.30. The fourth-order valence-electron chi connectivity index (χ4n) is 1.78. The minimum atomic E-state index is -3.35. The van der Waals surface area contributed by atoms with Gasteiger partial charge in [0.2, 0.25) is 10.0 Å². The summed E-state index contributed by atoms with van der Waals surface area (Å²) >= 11 is 4.82. The molecule has 18 heavy (non-hydrogen) atoms. The van der Waals surface area contributed by atoms with Crippen molar-refractivity contribution >= 4 is 27.2 Å². The predicted molar refractivity (Wildman–Crippen MR) is 74.9 cm³/mol. The molecule has 1 aromatic carbocycles. The summed E-state index contributed by atoms with van der Waals surface area (Å²) in [5, 5.41) is 0. The van der Waals surface area contributed by atoms with Gasteiger partial charge in [0, 0.05) is 19.5 Å². The van der Waals surface area contributed by atoms with Crippen molar-refractivity contribution in [3.63, 3.8) is 0 Å². The van der Waals surface area contributed by atoms with Gasteiger partial charge >= 0.3 is 0 Å². The number of rotatable bonds is 5. The van der Waals surface area contributed by atoms with E-state index >= 15 is 0 Å². The van der Waals surface area contributed by atoms with Crippen LogP contribution in [0.5, 0.6) is 0 Å². The molecule has 98 valence electrons. The second-order valence-electron chi connectivity index (χ2n) is 4.54. The van der Waals surface area contributed by atoms with E-state index in [2.05, 4.69) is 0 Å². The van der Waals surface area contributed by atoms with Crippen LogP contribution in [-0.4, -0.2) is 30.8 Å². The quantitative estimate of drug-likeness (QED) is 0.828. The van der Waals surface area contributed by atoms with Crippen LogP contribution >= 0.6 is 12.2 Å². The molecule has 0 radical (unpaired) electrons. The van der Waals surface area contributed by atoms with E-state index in [1.807, 2.05) is 0 Å². The lowest BCUT2D eigenvalue weighted by atomic mass is 10.1. The zero-order valence-electron chi connectivity index (χ0n) is 10.2. The molecule has 1 fully saturated rings. The third-order valence-electron chi connectivity index (χ3n) is 3.04. The van der Waals surface area contributed by atoms with Crippen LogP contribution in [0.25, 0.3) is 0 Å². The Hall–Kier alpha value is -0.980. The van der Waals surface area contributed by atoms with Crippen molar-refractivity contribution in [2.45, 2.75) is 30.2 Å². The SMILES string of the molecule is CN(C1CC1)S(=O)(=O)c1ccc(CC(N)=S)cc1. The maximum absolute atomic E-state index is 12.2. The molecule has 0 heterocycles. The summed E-state index contributed by atoms with van der Waals surface area (Å²) in [5.74, 6) is 0. The Morgan fingerprint density at radius 3 is 2.39 bits per heavy atom. The smallest absolute Gasteiger partial charge is 0.243 e. The van der Waals surface area contributed by atoms with Crippen molar-refractivity contribution in [3.8, 4) is 0 Å². The van der Waals surface area contributed by atoms with E-state index in [0.717, 1.165) is 18.4 Å². The molecule has 0 amide bonds. The Morgan fingerprint density at radius 1 is 1.39 bits per heavy atom. The number of nitrogens with zero attached hydrogens (tertiary/aromatic N) is 1. The summed E-state index contributed by atoms with van der Waals surface area (Å²) in [6.45, 7) is 0. The van der Waals surface area contributed by atoms with Crippen LogP contribution in [-0.2, 0) is 16.4 Å². The van der Waals surface area contributed by atoms with Gasteiger partial charge in [-0.05, 0) is 30.5 Å². The number of thiocarbonyl (C=S) groups is 1. The van der Waals surface area contributed by atoms with Crippen molar-refractivity contribution in [3.05, 3.63) is 29.8 Å². The maximum atomic E-state index is 12.2. The standard InChI is InChI=1S/C12H16N2O2S2/c1-14(10-4-5-10)18(15,16)11-6-2-9(3-7-11)8-12(13)17/h2-3,6-7,10H,4-5,8H2,1H3,(H2,13,17). The molecule has 0 aliphatic heterocycles. The van der Waals surface area contributed by atoms with Crippen LogP contribution in [0.1, 0.15) is 18.4 Å². The van der Waals surface area contributed by atoms with E-state index in [9.17, 15) is 8.42 Å². The molecule has 2 N–H and O–H groups in total. The molecule has 4 nitrogen and oxygen atoms in total. The van der Waals surface area contributed by atoms with Gasteiger partial charge in [-0.2, -0.15) is 4.31 Å². The zero-order chi connectivity index (χ0) is 13.3. The molecule has 0 atom stereocenters. The summed E-state index contributed by atoms with van der Waals surface area (Å²) in [7, 11) is -1.72. The molecule has 0 aromatic heterocycles. The lowest BCUT2D eigenvalue weighted by Gasteiger charge is -2.16. The minimum absolute atomic E-state index is 0.172. The molecule has 0 unspecified atom stereocenters. The van der Waals surface area contributed by atoms with Crippen LogP contribution in [0.2, 0.25) is 0 Å². The normalized spacial score (nSPS) is 15.9. The molecular weight excluding hydrogens is 268 g/mol. The predicted octanol–water partition coefficient (Wildman–Crippen LogP) is 1.30. The largest absolute Gasteiger partial charge is 0.393 e. The highest BCUT2D eigenvalue weighted by atomic mass is 32.2. The van der Waals surface area contributed by atoms with Gasteiger partial charge in [-0.15, -0.1) is 0 Å². The van der Waals surface area contributed by atoms with Crippen molar-refractivity contribution in [2.24, 2.45) is 5.73 Å². The van der Waals surface area contributed by atoms with Gasteiger partial charge in [-0.1, -0.05) is 24.4 Å². The molecule has 6 heteroatoms. The Kier molecular flexibility index (Phi) is 3.70. The highest BCUT2D eigenvalue weighted by Gasteiger charge is 2.34. The number of nitrogens with two attached hydrogens (primary N) is 1. The molecular formula is C12H16N2O2S2. The van der Waals surface area contributed by atoms with Crippen molar-refractivity contribution in [2.75, 3.05) is 7.05 Å². The van der Waals surface area contributed by atoms with Crippen molar-refractivity contribution < 1.29 is 8.42 Å². The molecule has 0 bridgehead atoms. The third-order valence-corrected chi connectivity index (χ3v) is 5.11. The van der Waals surface area contributed by atoms with Crippen LogP contribution in [0.4, 0.5) is 0 Å². The van der Waals surface area contributed by atoms with E-state index in [-0.39, 0.29) is 6.04 Å². The van der Waals surface area contributed by atoms with Gasteiger partial charge in [0.05, 0.1) is 9.88 Å². The Bertz CT molecular complexity index is 548. The molecule has 2 rings (SSSR count). The monoisotopic (exact) mass is 284 g/mol. The summed E-state index contributed by atoms with van der Waals surface area (Å²) in [6, 6.07) is 6.91. The lowest BCUT2D eigenvalue weighted by Crippen LogP contribution is -2.28. The van der Waals surface area contributed by atoms with Crippen molar-refractivity contribution in [1.82, 2.24) is 4.31 Å². The molecule has 0 saturated heterocycles. The zero-order valence-corrected chi connectivity index (χ0v) is 11.8. The number of hydrogen-bond acceptors (Lipinski definition) is 3. The van der Waals surface area contributed by atoms with Gasteiger partial charge in [0.15, 0.2) is 0 Å². The number of benzene rings is 1. The van der Waals surface area contributed by atoms with Crippen LogP contribution < -0.4 is 5.73 Å². The fourth-order valence-corrected chi connectivity index (χ4v) is 3.36. The summed E-state index contributed by atoms with van der Waals surface area (Å²) < 4.78 is 25.9. The topological polar surface area (TPSA) is 63.4 Å². The van der Waals surface area contributed by atoms with Gasteiger partial charge in [0.25, 0.3) is 0 Å². The Balaban J connectivity index is 2.20. The number of hydrogen-bond donors (Lipinski definition) is 1. The van der Waals surface area contributed by atoms with E-state index in [4.69, 9.17) is 18.0 Å². The summed E-state index contributed by atoms with van der Waals surface area (Å²) in [6.07, 6.45) is 2.40. The average molecular weight is 284 g/mol. The van der Waals surface area contributed by atoms with Crippen molar-refractivity contribution in [1.29, 1.82) is 0 Å². The van der Waals surface area contributed by atoms with Gasteiger partial charge in [-0.3, -0.25) is 0 Å². The lowest BCUT2D eigenvalue weighted by molar-refractivity contribution is 0.464. The molecule has 1 saturated carbocycles. The van der Waals surface area contributed by atoms with E-state index in [0.29, 0.717) is 16.3 Å². The highest BCUT2D eigenvalue weighted by molar-refractivity contribution is 7.89. The second-order valence-corrected chi connectivity index (χ2v) is 7.06. The van der Waals surface area contributed by atoms with Gasteiger partial charge in [0.1, 0.15) is 0 Å². The first-order valence-electron chi connectivity index (χ1n) is 5.76. The van der Waals surface area contributed by atoms with Crippen LogP contribution in [0.3, 0.4) is 0 Å². The second kappa shape index (κ2) is 4.95. The Morgan fingerprint density at radius 2 is 1.94 bits per heavy atom. The van der Waals surface area contributed by atoms with Crippen LogP contribution in [0, 0.1) is 0 Å². The average Bonchev–Trinajstić information content (AvgIpc) is 3.11. The summed E-state index contributed by atoms with van der Waals surface area (Å²) in [4.78, 5) is 0.726. The molecule has 1 aliphatic carbocycles. The fraction of sp³-hybridized carbons (Fsp3) is 0.417. The first kappa shape index (κ1) is 13.5. The Labute approximate surface area is 113 Å². The maximum Gasteiger partial charge on any atom is 0.243 e. The minimum Gasteiger partial charge on any atom is -0.393 e. The van der Waals surface area contributed by atoms with Crippen LogP contribution in [0.15, 0.2) is 29.2 Å². The molecule has 0 spiro atoms. The first-order valence-corrected chi connectivity index (χ1v) is 7.61.